The van der Waals surface area contributed by atoms with Crippen molar-refractivity contribution in [2.75, 3.05) is 5.75 Å². The van der Waals surface area contributed by atoms with Gasteiger partial charge < -0.3 is 4.18 Å². The molecule has 0 N–H and O–H groups in total. The molecule has 1 aromatic carbocycles. The van der Waals surface area contributed by atoms with Crippen LogP contribution in [0.5, 0.6) is 5.75 Å². The molecule has 0 bridgehead atoms. The molecule has 0 atom stereocenters. The van der Waals surface area contributed by atoms with Gasteiger partial charge in [0.2, 0.25) is 0 Å². The van der Waals surface area contributed by atoms with Gasteiger partial charge in [0.1, 0.15) is 5.75 Å². The van der Waals surface area contributed by atoms with E-state index in [0.29, 0.717) is 12.2 Å². The van der Waals surface area contributed by atoms with Crippen LogP contribution in [0.25, 0.3) is 0 Å². The van der Waals surface area contributed by atoms with Crippen molar-refractivity contribution in [3.05, 3.63) is 30.3 Å². The lowest BCUT2D eigenvalue weighted by molar-refractivity contribution is 0.481. The highest BCUT2D eigenvalue weighted by Crippen LogP contribution is 2.14. The van der Waals surface area contributed by atoms with Crippen LogP contribution in [-0.4, -0.2) is 14.2 Å². The van der Waals surface area contributed by atoms with Gasteiger partial charge in [0.15, 0.2) is 0 Å². The third-order valence-corrected chi connectivity index (χ3v) is 4.45. The van der Waals surface area contributed by atoms with Crippen molar-refractivity contribution in [3.63, 3.8) is 0 Å². The van der Waals surface area contributed by atoms with Gasteiger partial charge in [-0.05, 0) is 18.6 Å². The molecule has 1 aromatic rings. The Labute approximate surface area is 123 Å². The molecule has 0 aliphatic heterocycles. The SMILES string of the molecule is CCCCCCCCCCS(=O)(=O)Oc1ccccc1. The number of rotatable bonds is 11. The summed E-state index contributed by atoms with van der Waals surface area (Å²) in [6, 6.07) is 8.68. The Kier molecular flexibility index (Phi) is 8.35. The van der Waals surface area contributed by atoms with E-state index in [2.05, 4.69) is 6.92 Å². The van der Waals surface area contributed by atoms with E-state index in [1.54, 1.807) is 24.3 Å². The minimum atomic E-state index is -3.44. The molecule has 0 saturated heterocycles. The summed E-state index contributed by atoms with van der Waals surface area (Å²) in [5, 5.41) is 0. The minimum Gasteiger partial charge on any atom is -0.382 e. The molecule has 20 heavy (non-hydrogen) atoms. The second kappa shape index (κ2) is 9.81. The molecule has 0 aromatic heterocycles. The Bertz CT molecular complexity index is 440. The van der Waals surface area contributed by atoms with Gasteiger partial charge in [-0.15, -0.1) is 0 Å². The molecule has 0 saturated carbocycles. The quantitative estimate of drug-likeness (QED) is 0.445. The van der Waals surface area contributed by atoms with E-state index in [1.165, 1.54) is 32.1 Å². The normalized spacial score (nSPS) is 11.4. The second-order valence-electron chi connectivity index (χ2n) is 5.13. The van der Waals surface area contributed by atoms with Gasteiger partial charge in [-0.1, -0.05) is 70.1 Å². The highest BCUT2D eigenvalue weighted by Gasteiger charge is 2.11. The van der Waals surface area contributed by atoms with Crippen molar-refractivity contribution >= 4 is 10.1 Å². The smallest absolute Gasteiger partial charge is 0.309 e. The first kappa shape index (κ1) is 17.0. The summed E-state index contributed by atoms with van der Waals surface area (Å²) >= 11 is 0. The van der Waals surface area contributed by atoms with Crippen LogP contribution < -0.4 is 4.18 Å². The van der Waals surface area contributed by atoms with E-state index in [4.69, 9.17) is 4.18 Å². The fourth-order valence-electron chi connectivity index (χ4n) is 2.08. The van der Waals surface area contributed by atoms with E-state index in [9.17, 15) is 8.42 Å². The second-order valence-corrected chi connectivity index (χ2v) is 6.82. The lowest BCUT2D eigenvalue weighted by Gasteiger charge is -2.06. The Balaban J connectivity index is 2.11. The monoisotopic (exact) mass is 298 g/mol. The molecule has 0 heterocycles. The molecular formula is C16H26O3S. The predicted molar refractivity (Wildman–Crippen MR) is 83.5 cm³/mol. The standard InChI is InChI=1S/C16H26O3S/c1-2-3-4-5-6-7-8-12-15-20(17,18)19-16-13-10-9-11-14-16/h9-11,13-14H,2-8,12,15H2,1H3. The van der Waals surface area contributed by atoms with Crippen molar-refractivity contribution in [3.8, 4) is 5.75 Å². The number of unbranched alkanes of at least 4 members (excludes halogenated alkanes) is 7. The third kappa shape index (κ3) is 8.20. The van der Waals surface area contributed by atoms with Gasteiger partial charge in [-0.2, -0.15) is 8.42 Å². The molecule has 3 nitrogen and oxygen atoms in total. The predicted octanol–water partition coefficient (Wildman–Crippen LogP) is 4.54. The van der Waals surface area contributed by atoms with Gasteiger partial charge in [0.25, 0.3) is 0 Å². The lowest BCUT2D eigenvalue weighted by Crippen LogP contribution is -2.13. The summed E-state index contributed by atoms with van der Waals surface area (Å²) in [7, 11) is -3.44. The van der Waals surface area contributed by atoms with Crippen LogP contribution in [0, 0.1) is 0 Å². The molecule has 1 rings (SSSR count). The summed E-state index contributed by atoms with van der Waals surface area (Å²) in [6.07, 6.45) is 9.10. The summed E-state index contributed by atoms with van der Waals surface area (Å²) in [5.41, 5.74) is 0. The topological polar surface area (TPSA) is 43.4 Å². The average Bonchev–Trinajstić information content (AvgIpc) is 2.42. The molecule has 0 aliphatic rings. The van der Waals surface area contributed by atoms with E-state index < -0.39 is 10.1 Å². The van der Waals surface area contributed by atoms with Gasteiger partial charge >= 0.3 is 10.1 Å². The van der Waals surface area contributed by atoms with Gasteiger partial charge in [0.05, 0.1) is 5.75 Å². The fourth-order valence-corrected chi connectivity index (χ4v) is 3.12. The zero-order valence-electron chi connectivity index (χ0n) is 12.4. The Hall–Kier alpha value is -1.03. The van der Waals surface area contributed by atoms with E-state index in [1.807, 2.05) is 6.07 Å². The molecule has 0 spiro atoms. The van der Waals surface area contributed by atoms with Gasteiger partial charge in [-0.25, -0.2) is 0 Å². The molecule has 4 heteroatoms. The minimum absolute atomic E-state index is 0.108. The first-order valence-electron chi connectivity index (χ1n) is 7.61. The Morgan fingerprint density at radius 2 is 1.40 bits per heavy atom. The maximum Gasteiger partial charge on any atom is 0.309 e. The summed E-state index contributed by atoms with van der Waals surface area (Å²) in [6.45, 7) is 2.21. The molecule has 0 radical (unpaired) electrons. The largest absolute Gasteiger partial charge is 0.382 e. The number of benzene rings is 1. The van der Waals surface area contributed by atoms with Crippen molar-refractivity contribution < 1.29 is 12.6 Å². The molecule has 0 aliphatic carbocycles. The summed E-state index contributed by atoms with van der Waals surface area (Å²) < 4.78 is 28.5. The van der Waals surface area contributed by atoms with Crippen LogP contribution in [0.1, 0.15) is 58.3 Å². The molecule has 0 amide bonds. The van der Waals surface area contributed by atoms with Gasteiger partial charge in [0, 0.05) is 0 Å². The first-order chi connectivity index (χ1) is 9.64. The van der Waals surface area contributed by atoms with Crippen LogP contribution in [-0.2, 0) is 10.1 Å². The lowest BCUT2D eigenvalue weighted by atomic mass is 10.1. The maximum atomic E-state index is 11.8. The van der Waals surface area contributed by atoms with Crippen molar-refractivity contribution in [1.29, 1.82) is 0 Å². The molecule has 0 unspecified atom stereocenters. The number of hydrogen-bond acceptors (Lipinski definition) is 3. The molecular weight excluding hydrogens is 272 g/mol. The van der Waals surface area contributed by atoms with Gasteiger partial charge in [-0.3, -0.25) is 0 Å². The zero-order chi connectivity index (χ0) is 14.7. The maximum absolute atomic E-state index is 11.8. The molecule has 114 valence electrons. The number of hydrogen-bond donors (Lipinski definition) is 0. The Morgan fingerprint density at radius 1 is 0.850 bits per heavy atom. The Morgan fingerprint density at radius 3 is 2.00 bits per heavy atom. The van der Waals surface area contributed by atoms with E-state index >= 15 is 0 Å². The first-order valence-corrected chi connectivity index (χ1v) is 9.19. The third-order valence-electron chi connectivity index (χ3n) is 3.21. The zero-order valence-corrected chi connectivity index (χ0v) is 13.2. The van der Waals surface area contributed by atoms with Crippen molar-refractivity contribution in [2.45, 2.75) is 58.3 Å². The summed E-state index contributed by atoms with van der Waals surface area (Å²) in [5.74, 6) is 0.503. The molecule has 0 fully saturated rings. The summed E-state index contributed by atoms with van der Waals surface area (Å²) in [4.78, 5) is 0. The van der Waals surface area contributed by atoms with Crippen LogP contribution >= 0.6 is 0 Å². The number of para-hydroxylation sites is 1. The van der Waals surface area contributed by atoms with Crippen LogP contribution in [0.3, 0.4) is 0 Å². The van der Waals surface area contributed by atoms with Crippen LogP contribution in [0.15, 0.2) is 30.3 Å². The van der Waals surface area contributed by atoms with E-state index in [-0.39, 0.29) is 5.75 Å². The highest BCUT2D eigenvalue weighted by molar-refractivity contribution is 7.87. The van der Waals surface area contributed by atoms with E-state index in [0.717, 1.165) is 12.8 Å². The van der Waals surface area contributed by atoms with Crippen molar-refractivity contribution in [2.24, 2.45) is 0 Å². The van der Waals surface area contributed by atoms with Crippen molar-refractivity contribution in [1.82, 2.24) is 0 Å². The highest BCUT2D eigenvalue weighted by atomic mass is 32.2. The fraction of sp³-hybridized carbons (Fsp3) is 0.625. The average molecular weight is 298 g/mol. The van der Waals surface area contributed by atoms with Crippen LogP contribution in [0.4, 0.5) is 0 Å². The van der Waals surface area contributed by atoms with Crippen LogP contribution in [0.2, 0.25) is 0 Å².